The maximum atomic E-state index is 13.1. The zero-order chi connectivity index (χ0) is 28.7. The van der Waals surface area contributed by atoms with E-state index in [0.29, 0.717) is 37.3 Å². The summed E-state index contributed by atoms with van der Waals surface area (Å²) in [4.78, 5) is 42.1. The molecule has 1 fully saturated rings. The molecule has 39 heavy (non-hydrogen) atoms. The van der Waals surface area contributed by atoms with Gasteiger partial charge in [0, 0.05) is 31.7 Å². The Kier molecular flexibility index (Phi) is 14.6. The lowest BCUT2D eigenvalue weighted by atomic mass is 10.1. The summed E-state index contributed by atoms with van der Waals surface area (Å²) in [6, 6.07) is 6.19. The third-order valence-electron chi connectivity index (χ3n) is 7.33. The molecule has 7 heteroatoms. The Morgan fingerprint density at radius 3 is 1.87 bits per heavy atom. The summed E-state index contributed by atoms with van der Waals surface area (Å²) in [6.07, 6.45) is 15.5. The third-order valence-corrected chi connectivity index (χ3v) is 7.33. The van der Waals surface area contributed by atoms with Crippen LogP contribution >= 0.6 is 0 Å². The lowest BCUT2D eigenvalue weighted by Crippen LogP contribution is -2.58. The Morgan fingerprint density at radius 1 is 0.821 bits per heavy atom. The number of rotatable bonds is 16. The minimum atomic E-state index is -0.575. The van der Waals surface area contributed by atoms with Gasteiger partial charge in [-0.05, 0) is 58.5 Å². The first kappa shape index (κ1) is 32.8. The van der Waals surface area contributed by atoms with Gasteiger partial charge in [0.05, 0.1) is 5.56 Å². The van der Waals surface area contributed by atoms with Crippen LogP contribution in [-0.2, 0) is 9.53 Å². The molecule has 220 valence electrons. The van der Waals surface area contributed by atoms with Crippen molar-refractivity contribution < 1.29 is 19.1 Å². The topological polar surface area (TPSA) is 79.0 Å². The minimum absolute atomic E-state index is 0.0154. The molecule has 2 rings (SSSR count). The summed E-state index contributed by atoms with van der Waals surface area (Å²) >= 11 is 0. The van der Waals surface area contributed by atoms with Crippen LogP contribution < -0.4 is 5.32 Å². The number of benzene rings is 1. The van der Waals surface area contributed by atoms with Crippen molar-refractivity contribution in [2.45, 2.75) is 116 Å². The molecule has 1 aromatic carbocycles. The molecule has 1 aromatic rings. The maximum absolute atomic E-state index is 13.1. The van der Waals surface area contributed by atoms with E-state index in [1.165, 1.54) is 64.2 Å². The standard InChI is InChI=1S/C32H53N3O4/c1-6-7-8-9-10-11-12-13-14-15-16-17-22-33-29(36)28-25-35(24-23-34(28)5)30(37)26-18-20-27(21-19-26)31(38)39-32(2,3)4/h18-21,28H,6-17,22-25H2,1-5H3,(H,33,36)/t28-/m1/s1. The van der Waals surface area contributed by atoms with Crippen molar-refractivity contribution in [1.29, 1.82) is 0 Å². The predicted octanol–water partition coefficient (Wildman–Crippen LogP) is 6.22. The molecule has 2 amide bonds. The van der Waals surface area contributed by atoms with Gasteiger partial charge in [0.25, 0.3) is 5.91 Å². The van der Waals surface area contributed by atoms with Gasteiger partial charge in [-0.1, -0.05) is 77.6 Å². The summed E-state index contributed by atoms with van der Waals surface area (Å²) in [7, 11) is 1.94. The molecule has 1 N–H and O–H groups in total. The number of ether oxygens (including phenoxy) is 1. The number of hydrogen-bond donors (Lipinski definition) is 1. The van der Waals surface area contributed by atoms with Gasteiger partial charge in [0.15, 0.2) is 0 Å². The lowest BCUT2D eigenvalue weighted by Gasteiger charge is -2.38. The van der Waals surface area contributed by atoms with Crippen molar-refractivity contribution in [2.75, 3.05) is 33.2 Å². The van der Waals surface area contributed by atoms with Crippen LogP contribution in [0.25, 0.3) is 0 Å². The Labute approximate surface area is 237 Å². The number of carbonyl (C=O) groups is 3. The van der Waals surface area contributed by atoms with E-state index in [4.69, 9.17) is 4.74 Å². The van der Waals surface area contributed by atoms with Gasteiger partial charge in [-0.2, -0.15) is 0 Å². The van der Waals surface area contributed by atoms with E-state index in [9.17, 15) is 14.4 Å². The van der Waals surface area contributed by atoms with Crippen LogP contribution in [0.5, 0.6) is 0 Å². The third kappa shape index (κ3) is 12.5. The van der Waals surface area contributed by atoms with Gasteiger partial charge < -0.3 is 15.0 Å². The largest absolute Gasteiger partial charge is 0.456 e. The number of carbonyl (C=O) groups excluding carboxylic acids is 3. The van der Waals surface area contributed by atoms with Crippen molar-refractivity contribution >= 4 is 17.8 Å². The molecule has 7 nitrogen and oxygen atoms in total. The first-order valence-corrected chi connectivity index (χ1v) is 15.2. The van der Waals surface area contributed by atoms with Crippen LogP contribution in [-0.4, -0.2) is 72.5 Å². The fraction of sp³-hybridized carbons (Fsp3) is 0.719. The molecule has 1 heterocycles. The van der Waals surface area contributed by atoms with Gasteiger partial charge >= 0.3 is 5.97 Å². The van der Waals surface area contributed by atoms with E-state index in [2.05, 4.69) is 12.2 Å². The molecular weight excluding hydrogens is 490 g/mol. The summed E-state index contributed by atoms with van der Waals surface area (Å²) < 4.78 is 5.40. The van der Waals surface area contributed by atoms with Gasteiger partial charge in [-0.25, -0.2) is 4.79 Å². The van der Waals surface area contributed by atoms with Crippen molar-refractivity contribution in [1.82, 2.24) is 15.1 Å². The van der Waals surface area contributed by atoms with Crippen molar-refractivity contribution in [3.63, 3.8) is 0 Å². The van der Waals surface area contributed by atoms with Crippen LogP contribution in [0.15, 0.2) is 24.3 Å². The SMILES string of the molecule is CCCCCCCCCCCCCCNC(=O)[C@H]1CN(C(=O)c2ccc(C(=O)OC(C)(C)C)cc2)CCN1C. The fourth-order valence-electron chi connectivity index (χ4n) is 4.91. The zero-order valence-electron chi connectivity index (χ0n) is 25.2. The Morgan fingerprint density at radius 2 is 1.33 bits per heavy atom. The van der Waals surface area contributed by atoms with E-state index in [1.54, 1.807) is 29.2 Å². The quantitative estimate of drug-likeness (QED) is 0.198. The average molecular weight is 544 g/mol. The molecule has 1 aliphatic rings. The lowest BCUT2D eigenvalue weighted by molar-refractivity contribution is -0.127. The van der Waals surface area contributed by atoms with Gasteiger partial charge in [-0.15, -0.1) is 0 Å². The monoisotopic (exact) mass is 543 g/mol. The highest BCUT2D eigenvalue weighted by Gasteiger charge is 2.32. The number of esters is 1. The van der Waals surface area contributed by atoms with E-state index in [-0.39, 0.29) is 17.9 Å². The van der Waals surface area contributed by atoms with Crippen molar-refractivity contribution in [3.8, 4) is 0 Å². The maximum Gasteiger partial charge on any atom is 0.338 e. The van der Waals surface area contributed by atoms with Crippen molar-refractivity contribution in [3.05, 3.63) is 35.4 Å². The highest BCUT2D eigenvalue weighted by atomic mass is 16.6. The van der Waals surface area contributed by atoms with Gasteiger partial charge in [0.2, 0.25) is 5.91 Å². The highest BCUT2D eigenvalue weighted by molar-refractivity contribution is 5.96. The van der Waals surface area contributed by atoms with E-state index in [0.717, 1.165) is 12.8 Å². The molecule has 0 saturated carbocycles. The second-order valence-corrected chi connectivity index (χ2v) is 12.0. The first-order chi connectivity index (χ1) is 18.6. The molecular formula is C32H53N3O4. The second kappa shape index (κ2) is 17.3. The summed E-state index contributed by atoms with van der Waals surface area (Å²) in [5.74, 6) is -0.554. The Balaban J connectivity index is 1.68. The van der Waals surface area contributed by atoms with E-state index >= 15 is 0 Å². The first-order valence-electron chi connectivity index (χ1n) is 15.2. The van der Waals surface area contributed by atoms with E-state index in [1.807, 2.05) is 32.7 Å². The number of likely N-dealkylation sites (N-methyl/N-ethyl adjacent to an activating group) is 1. The molecule has 0 aliphatic carbocycles. The number of unbranched alkanes of at least 4 members (excludes halogenated alkanes) is 11. The molecule has 1 aliphatic heterocycles. The van der Waals surface area contributed by atoms with Crippen LogP contribution in [0, 0.1) is 0 Å². The number of amides is 2. The average Bonchev–Trinajstić information content (AvgIpc) is 2.90. The van der Waals surface area contributed by atoms with Crippen LogP contribution in [0.3, 0.4) is 0 Å². The molecule has 0 radical (unpaired) electrons. The molecule has 1 atom stereocenters. The van der Waals surface area contributed by atoms with Crippen molar-refractivity contribution in [2.24, 2.45) is 0 Å². The molecule has 0 spiro atoms. The number of piperazine rings is 1. The fourth-order valence-corrected chi connectivity index (χ4v) is 4.91. The number of nitrogens with zero attached hydrogens (tertiary/aromatic N) is 2. The van der Waals surface area contributed by atoms with Crippen LogP contribution in [0.1, 0.15) is 125 Å². The second-order valence-electron chi connectivity index (χ2n) is 12.0. The summed E-state index contributed by atoms with van der Waals surface area (Å²) in [5.41, 5.74) is 0.339. The summed E-state index contributed by atoms with van der Waals surface area (Å²) in [5, 5.41) is 3.09. The number of nitrogens with one attached hydrogen (secondary N) is 1. The van der Waals surface area contributed by atoms with E-state index < -0.39 is 11.6 Å². The van der Waals surface area contributed by atoms with Crippen LogP contribution in [0.2, 0.25) is 0 Å². The molecule has 1 saturated heterocycles. The predicted molar refractivity (Wildman–Crippen MR) is 158 cm³/mol. The smallest absolute Gasteiger partial charge is 0.338 e. The highest BCUT2D eigenvalue weighted by Crippen LogP contribution is 2.16. The Bertz CT molecular complexity index is 878. The van der Waals surface area contributed by atoms with Gasteiger partial charge in [0.1, 0.15) is 11.6 Å². The Hall–Kier alpha value is -2.41. The summed E-state index contributed by atoms with van der Waals surface area (Å²) in [6.45, 7) is 9.96. The van der Waals surface area contributed by atoms with Gasteiger partial charge in [-0.3, -0.25) is 14.5 Å². The molecule has 0 bridgehead atoms. The minimum Gasteiger partial charge on any atom is -0.456 e. The molecule has 0 aromatic heterocycles. The number of hydrogen-bond acceptors (Lipinski definition) is 5. The normalized spacial score (nSPS) is 16.2. The zero-order valence-corrected chi connectivity index (χ0v) is 25.2. The van der Waals surface area contributed by atoms with Crippen LogP contribution in [0.4, 0.5) is 0 Å². The molecule has 0 unspecified atom stereocenters.